The number of hydrogen-bond donors (Lipinski definition) is 0. The van der Waals surface area contributed by atoms with Gasteiger partial charge in [-0.25, -0.2) is 0 Å². The highest BCUT2D eigenvalue weighted by Crippen LogP contribution is 2.32. The molecule has 110 valence electrons. The lowest BCUT2D eigenvalue weighted by Gasteiger charge is -2.12. The van der Waals surface area contributed by atoms with Gasteiger partial charge in [0.15, 0.2) is 11.5 Å². The Morgan fingerprint density at radius 3 is 2.05 bits per heavy atom. The molecule has 0 radical (unpaired) electrons. The van der Waals surface area contributed by atoms with Crippen molar-refractivity contribution in [2.24, 2.45) is 0 Å². The average molecular weight is 355 g/mol. The first-order chi connectivity index (χ1) is 10.8. The molecule has 3 heteroatoms. The summed E-state index contributed by atoms with van der Waals surface area (Å²) in [6, 6.07) is 25.5. The number of hydrogen-bond acceptors (Lipinski definition) is 2. The standard InChI is InChI=1S/C19H15BrO2/c20-16-10-12-17(13-11-16)22-19-9-5-4-8-18(19)21-14-15-6-2-1-3-7-15/h1-13H,14H2. The zero-order valence-electron chi connectivity index (χ0n) is 11.9. The van der Waals surface area contributed by atoms with E-state index in [4.69, 9.17) is 9.47 Å². The Hall–Kier alpha value is -2.26. The van der Waals surface area contributed by atoms with E-state index in [0.717, 1.165) is 21.5 Å². The van der Waals surface area contributed by atoms with Gasteiger partial charge in [0.05, 0.1) is 0 Å². The van der Waals surface area contributed by atoms with Gasteiger partial charge < -0.3 is 9.47 Å². The molecule has 22 heavy (non-hydrogen) atoms. The lowest BCUT2D eigenvalue weighted by molar-refractivity contribution is 0.291. The van der Waals surface area contributed by atoms with Crippen LogP contribution in [0.5, 0.6) is 17.2 Å². The summed E-state index contributed by atoms with van der Waals surface area (Å²) < 4.78 is 12.8. The second kappa shape index (κ2) is 7.14. The predicted molar refractivity (Wildman–Crippen MR) is 91.4 cm³/mol. The van der Waals surface area contributed by atoms with Gasteiger partial charge in [-0.3, -0.25) is 0 Å². The van der Waals surface area contributed by atoms with Gasteiger partial charge in [-0.1, -0.05) is 58.4 Å². The van der Waals surface area contributed by atoms with Crippen LogP contribution >= 0.6 is 15.9 Å². The van der Waals surface area contributed by atoms with Gasteiger partial charge in [0.25, 0.3) is 0 Å². The zero-order chi connectivity index (χ0) is 15.2. The molecule has 3 aromatic carbocycles. The SMILES string of the molecule is Brc1ccc(Oc2ccccc2OCc2ccccc2)cc1. The average Bonchev–Trinajstić information content (AvgIpc) is 2.57. The molecule has 0 spiro atoms. The molecular weight excluding hydrogens is 340 g/mol. The fraction of sp³-hybridized carbons (Fsp3) is 0.0526. The largest absolute Gasteiger partial charge is 0.485 e. The third kappa shape index (κ3) is 3.89. The summed E-state index contributed by atoms with van der Waals surface area (Å²) in [5.74, 6) is 2.22. The lowest BCUT2D eigenvalue weighted by Crippen LogP contribution is -1.97. The third-order valence-corrected chi connectivity index (χ3v) is 3.66. The zero-order valence-corrected chi connectivity index (χ0v) is 13.5. The topological polar surface area (TPSA) is 18.5 Å². The normalized spacial score (nSPS) is 10.2. The highest BCUT2D eigenvalue weighted by atomic mass is 79.9. The van der Waals surface area contributed by atoms with Crippen LogP contribution in [0.4, 0.5) is 0 Å². The van der Waals surface area contributed by atoms with Crippen LogP contribution < -0.4 is 9.47 Å². The molecule has 0 heterocycles. The van der Waals surface area contributed by atoms with E-state index in [0.29, 0.717) is 12.4 Å². The Balaban J connectivity index is 1.73. The fourth-order valence-corrected chi connectivity index (χ4v) is 2.28. The van der Waals surface area contributed by atoms with Crippen LogP contribution in [0, 0.1) is 0 Å². The minimum Gasteiger partial charge on any atom is -0.485 e. The number of halogens is 1. The van der Waals surface area contributed by atoms with Gasteiger partial charge in [-0.05, 0) is 42.0 Å². The van der Waals surface area contributed by atoms with Crippen LogP contribution in [0.1, 0.15) is 5.56 Å². The van der Waals surface area contributed by atoms with Crippen molar-refractivity contribution >= 4 is 15.9 Å². The molecular formula is C19H15BrO2. The quantitative estimate of drug-likeness (QED) is 0.574. The summed E-state index contributed by atoms with van der Waals surface area (Å²) in [4.78, 5) is 0. The van der Waals surface area contributed by atoms with Gasteiger partial charge in [-0.15, -0.1) is 0 Å². The van der Waals surface area contributed by atoms with Crippen LogP contribution in [0.2, 0.25) is 0 Å². The second-order valence-corrected chi connectivity index (χ2v) is 5.69. The molecule has 3 aromatic rings. The monoisotopic (exact) mass is 354 g/mol. The molecule has 0 saturated heterocycles. The second-order valence-electron chi connectivity index (χ2n) is 4.78. The summed E-state index contributed by atoms with van der Waals surface area (Å²) in [5.41, 5.74) is 1.13. The van der Waals surface area contributed by atoms with Crippen LogP contribution in [-0.2, 0) is 6.61 Å². The molecule has 0 N–H and O–H groups in total. The van der Waals surface area contributed by atoms with Crippen LogP contribution in [-0.4, -0.2) is 0 Å². The van der Waals surface area contributed by atoms with Crippen LogP contribution in [0.15, 0.2) is 83.3 Å². The van der Waals surface area contributed by atoms with Gasteiger partial charge >= 0.3 is 0 Å². The lowest BCUT2D eigenvalue weighted by atomic mass is 10.2. The van der Waals surface area contributed by atoms with Gasteiger partial charge in [0.1, 0.15) is 12.4 Å². The highest BCUT2D eigenvalue weighted by Gasteiger charge is 2.06. The van der Waals surface area contributed by atoms with Crippen LogP contribution in [0.25, 0.3) is 0 Å². The molecule has 0 amide bonds. The molecule has 0 atom stereocenters. The van der Waals surface area contributed by atoms with Crippen molar-refractivity contribution in [1.82, 2.24) is 0 Å². The van der Waals surface area contributed by atoms with Crippen molar-refractivity contribution in [1.29, 1.82) is 0 Å². The van der Waals surface area contributed by atoms with Crippen molar-refractivity contribution in [2.75, 3.05) is 0 Å². The Labute approximate surface area is 138 Å². The fourth-order valence-electron chi connectivity index (χ4n) is 2.02. The van der Waals surface area contributed by atoms with Gasteiger partial charge in [0.2, 0.25) is 0 Å². The van der Waals surface area contributed by atoms with E-state index in [1.807, 2.05) is 78.9 Å². The maximum Gasteiger partial charge on any atom is 0.169 e. The van der Waals surface area contributed by atoms with E-state index in [2.05, 4.69) is 15.9 Å². The molecule has 0 fully saturated rings. The first kappa shape index (κ1) is 14.7. The molecule has 0 saturated carbocycles. The Morgan fingerprint density at radius 1 is 0.682 bits per heavy atom. The first-order valence-electron chi connectivity index (χ1n) is 7.00. The molecule has 0 aliphatic carbocycles. The van der Waals surface area contributed by atoms with E-state index in [-0.39, 0.29) is 0 Å². The van der Waals surface area contributed by atoms with Gasteiger partial charge in [-0.2, -0.15) is 0 Å². The minimum atomic E-state index is 0.515. The maximum absolute atomic E-state index is 5.91. The number of ether oxygens (including phenoxy) is 2. The Morgan fingerprint density at radius 2 is 1.32 bits per heavy atom. The van der Waals surface area contributed by atoms with Gasteiger partial charge in [0, 0.05) is 4.47 Å². The third-order valence-electron chi connectivity index (χ3n) is 3.13. The maximum atomic E-state index is 5.91. The van der Waals surface area contributed by atoms with Crippen molar-refractivity contribution in [2.45, 2.75) is 6.61 Å². The molecule has 3 rings (SSSR count). The number of rotatable bonds is 5. The van der Waals surface area contributed by atoms with Crippen molar-refractivity contribution < 1.29 is 9.47 Å². The first-order valence-corrected chi connectivity index (χ1v) is 7.80. The van der Waals surface area contributed by atoms with Crippen LogP contribution in [0.3, 0.4) is 0 Å². The number of para-hydroxylation sites is 2. The summed E-state index contributed by atoms with van der Waals surface area (Å²) in [6.45, 7) is 0.515. The van der Waals surface area contributed by atoms with E-state index < -0.39 is 0 Å². The predicted octanol–water partition coefficient (Wildman–Crippen LogP) is 5.82. The summed E-state index contributed by atoms with van der Waals surface area (Å²) >= 11 is 3.42. The summed E-state index contributed by atoms with van der Waals surface area (Å²) in [5, 5.41) is 0. The van der Waals surface area contributed by atoms with E-state index in [1.165, 1.54) is 0 Å². The molecule has 0 aliphatic heterocycles. The highest BCUT2D eigenvalue weighted by molar-refractivity contribution is 9.10. The van der Waals surface area contributed by atoms with E-state index >= 15 is 0 Å². The summed E-state index contributed by atoms with van der Waals surface area (Å²) in [7, 11) is 0. The Kier molecular flexibility index (Phi) is 4.76. The molecule has 0 aromatic heterocycles. The van der Waals surface area contributed by atoms with Crippen molar-refractivity contribution in [3.8, 4) is 17.2 Å². The number of benzene rings is 3. The Bertz CT molecular complexity index is 724. The molecule has 2 nitrogen and oxygen atoms in total. The summed E-state index contributed by atoms with van der Waals surface area (Å²) in [6.07, 6.45) is 0. The smallest absolute Gasteiger partial charge is 0.169 e. The molecule has 0 aliphatic rings. The van der Waals surface area contributed by atoms with E-state index in [1.54, 1.807) is 0 Å². The molecule has 0 unspecified atom stereocenters. The molecule has 0 bridgehead atoms. The van der Waals surface area contributed by atoms with Crippen molar-refractivity contribution in [3.05, 3.63) is 88.9 Å². The minimum absolute atomic E-state index is 0.515. The van der Waals surface area contributed by atoms with E-state index in [9.17, 15) is 0 Å². The van der Waals surface area contributed by atoms with Crippen molar-refractivity contribution in [3.63, 3.8) is 0 Å².